The van der Waals surface area contributed by atoms with Crippen LogP contribution in [-0.2, 0) is 9.59 Å². The maximum absolute atomic E-state index is 12.4. The standard InChI is InChI=1S/C20H27NO2/c1-12-4-5-15-14(16(12)10-13(2)18(21)11-22)8-9-20(3)17(15)6-7-19(20)23/h10-11,14-15,17H,1,4-9,21H2,2-3H3/b16-10+,18-13+/t14?,15?,17?,20-/m0/s1. The molecule has 0 bridgehead atoms. The first-order valence-corrected chi connectivity index (χ1v) is 8.73. The van der Waals surface area contributed by atoms with E-state index in [2.05, 4.69) is 19.6 Å². The quantitative estimate of drug-likeness (QED) is 0.624. The van der Waals surface area contributed by atoms with Crippen molar-refractivity contribution >= 4 is 12.1 Å². The van der Waals surface area contributed by atoms with Crippen LogP contribution in [0.2, 0.25) is 0 Å². The Hall–Kier alpha value is -1.64. The number of nitrogens with two attached hydrogens (primary N) is 1. The Balaban J connectivity index is 1.95. The van der Waals surface area contributed by atoms with Gasteiger partial charge < -0.3 is 5.73 Å². The molecule has 3 fully saturated rings. The average molecular weight is 313 g/mol. The molecule has 0 radical (unpaired) electrons. The van der Waals surface area contributed by atoms with Gasteiger partial charge >= 0.3 is 0 Å². The van der Waals surface area contributed by atoms with Gasteiger partial charge in [0.25, 0.3) is 0 Å². The molecule has 0 heterocycles. The second-order valence-corrected chi connectivity index (χ2v) is 7.79. The number of allylic oxidation sites excluding steroid dienone is 5. The monoisotopic (exact) mass is 313 g/mol. The van der Waals surface area contributed by atoms with Crippen LogP contribution in [0.25, 0.3) is 0 Å². The van der Waals surface area contributed by atoms with E-state index in [1.54, 1.807) is 0 Å². The van der Waals surface area contributed by atoms with Crippen molar-refractivity contribution in [1.29, 1.82) is 0 Å². The third-order valence-corrected chi connectivity index (χ3v) is 6.69. The molecule has 3 rings (SSSR count). The van der Waals surface area contributed by atoms with Crippen LogP contribution in [0.1, 0.15) is 52.4 Å². The molecule has 0 aliphatic heterocycles. The zero-order valence-corrected chi connectivity index (χ0v) is 14.2. The van der Waals surface area contributed by atoms with E-state index in [-0.39, 0.29) is 5.41 Å². The first kappa shape index (κ1) is 16.2. The van der Waals surface area contributed by atoms with Crippen LogP contribution in [0.15, 0.2) is 35.1 Å². The van der Waals surface area contributed by atoms with Crippen molar-refractivity contribution in [3.8, 4) is 0 Å². The minimum Gasteiger partial charge on any atom is -0.396 e. The van der Waals surface area contributed by atoms with Crippen LogP contribution in [0, 0.1) is 23.2 Å². The molecule has 124 valence electrons. The van der Waals surface area contributed by atoms with E-state index in [1.807, 2.05) is 6.92 Å². The fourth-order valence-electron chi connectivity index (χ4n) is 5.21. The van der Waals surface area contributed by atoms with Crippen molar-refractivity contribution in [3.05, 3.63) is 35.1 Å². The maximum atomic E-state index is 12.4. The largest absolute Gasteiger partial charge is 0.396 e. The highest BCUT2D eigenvalue weighted by Gasteiger charge is 2.54. The Bertz CT molecular complexity index is 628. The van der Waals surface area contributed by atoms with Gasteiger partial charge in [0.05, 0.1) is 5.70 Å². The molecule has 3 saturated carbocycles. The first-order chi connectivity index (χ1) is 10.9. The Kier molecular flexibility index (Phi) is 4.07. The predicted molar refractivity (Wildman–Crippen MR) is 91.5 cm³/mol. The molecular formula is C20H27NO2. The topological polar surface area (TPSA) is 60.2 Å². The van der Waals surface area contributed by atoms with Gasteiger partial charge in [0, 0.05) is 11.8 Å². The summed E-state index contributed by atoms with van der Waals surface area (Å²) in [6, 6.07) is 0. The van der Waals surface area contributed by atoms with Gasteiger partial charge in [-0.1, -0.05) is 25.2 Å². The van der Waals surface area contributed by atoms with E-state index >= 15 is 0 Å². The van der Waals surface area contributed by atoms with E-state index in [0.717, 1.165) is 44.1 Å². The predicted octanol–water partition coefficient (Wildman–Crippen LogP) is 3.71. The molecule has 3 aliphatic rings. The van der Waals surface area contributed by atoms with Crippen molar-refractivity contribution in [1.82, 2.24) is 0 Å². The lowest BCUT2D eigenvalue weighted by molar-refractivity contribution is -0.129. The summed E-state index contributed by atoms with van der Waals surface area (Å²) in [4.78, 5) is 23.3. The van der Waals surface area contributed by atoms with Gasteiger partial charge in [-0.3, -0.25) is 9.59 Å². The molecule has 3 heteroatoms. The summed E-state index contributed by atoms with van der Waals surface area (Å²) in [7, 11) is 0. The van der Waals surface area contributed by atoms with Crippen LogP contribution in [0.5, 0.6) is 0 Å². The van der Waals surface area contributed by atoms with Crippen LogP contribution in [0.3, 0.4) is 0 Å². The zero-order chi connectivity index (χ0) is 16.8. The number of rotatable bonds is 2. The van der Waals surface area contributed by atoms with Crippen molar-refractivity contribution in [2.75, 3.05) is 0 Å². The molecule has 2 N–H and O–H groups in total. The number of hydrogen-bond donors (Lipinski definition) is 1. The molecule has 0 aromatic heterocycles. The molecule has 3 nitrogen and oxygen atoms in total. The number of hydrogen-bond acceptors (Lipinski definition) is 3. The number of carbonyl (C=O) groups excluding carboxylic acids is 2. The summed E-state index contributed by atoms with van der Waals surface area (Å²) in [6.45, 7) is 8.33. The summed E-state index contributed by atoms with van der Waals surface area (Å²) in [5.74, 6) is 2.02. The SMILES string of the molecule is C=C1CCC2C(CC[C@]3(C)C(=O)CCC23)/C1=C/C(C)=C(/N)C=O. The van der Waals surface area contributed by atoms with Gasteiger partial charge in [-0.2, -0.15) is 0 Å². The van der Waals surface area contributed by atoms with Gasteiger partial charge in [0.2, 0.25) is 0 Å². The average Bonchev–Trinajstić information content (AvgIpc) is 2.84. The highest BCUT2D eigenvalue weighted by molar-refractivity contribution is 5.87. The second-order valence-electron chi connectivity index (χ2n) is 7.79. The molecule has 0 aromatic rings. The third-order valence-electron chi connectivity index (χ3n) is 6.69. The van der Waals surface area contributed by atoms with E-state index < -0.39 is 0 Å². The molecule has 0 saturated heterocycles. The summed E-state index contributed by atoms with van der Waals surface area (Å²) in [5, 5.41) is 0. The fraction of sp³-hybridized carbons (Fsp3) is 0.600. The highest BCUT2D eigenvalue weighted by atomic mass is 16.1. The normalized spacial score (nSPS) is 39.7. The molecule has 0 amide bonds. The van der Waals surface area contributed by atoms with Crippen molar-refractivity contribution < 1.29 is 9.59 Å². The molecular weight excluding hydrogens is 286 g/mol. The third kappa shape index (κ3) is 2.50. The van der Waals surface area contributed by atoms with Crippen LogP contribution < -0.4 is 5.73 Å². The summed E-state index contributed by atoms with van der Waals surface area (Å²) in [5.41, 5.74) is 9.23. The van der Waals surface area contributed by atoms with Crippen LogP contribution >= 0.6 is 0 Å². The smallest absolute Gasteiger partial charge is 0.165 e. The van der Waals surface area contributed by atoms with Crippen molar-refractivity contribution in [2.24, 2.45) is 28.9 Å². The number of aldehydes is 1. The Morgan fingerprint density at radius 1 is 1.30 bits per heavy atom. The van der Waals surface area contributed by atoms with Crippen LogP contribution in [-0.4, -0.2) is 12.1 Å². The van der Waals surface area contributed by atoms with Crippen LogP contribution in [0.4, 0.5) is 0 Å². The Morgan fingerprint density at radius 2 is 2.04 bits per heavy atom. The van der Waals surface area contributed by atoms with E-state index in [0.29, 0.717) is 35.5 Å². The molecule has 0 aromatic carbocycles. The van der Waals surface area contributed by atoms with E-state index in [9.17, 15) is 9.59 Å². The van der Waals surface area contributed by atoms with E-state index in [4.69, 9.17) is 5.73 Å². The maximum Gasteiger partial charge on any atom is 0.165 e. The second kappa shape index (κ2) is 5.77. The minimum absolute atomic E-state index is 0.0995. The van der Waals surface area contributed by atoms with Gasteiger partial charge in [-0.25, -0.2) is 0 Å². The summed E-state index contributed by atoms with van der Waals surface area (Å²) < 4.78 is 0. The molecule has 4 atom stereocenters. The van der Waals surface area contributed by atoms with E-state index in [1.165, 1.54) is 11.1 Å². The molecule has 0 spiro atoms. The number of carbonyl (C=O) groups is 2. The van der Waals surface area contributed by atoms with Crippen molar-refractivity contribution in [3.63, 3.8) is 0 Å². The Morgan fingerprint density at radius 3 is 2.74 bits per heavy atom. The molecule has 3 aliphatic carbocycles. The highest BCUT2D eigenvalue weighted by Crippen LogP contribution is 2.59. The van der Waals surface area contributed by atoms with Gasteiger partial charge in [-0.05, 0) is 67.9 Å². The number of Topliss-reactive ketones (excluding diaryl/α,β-unsaturated/α-hetero) is 1. The lowest BCUT2D eigenvalue weighted by Crippen LogP contribution is -2.43. The van der Waals surface area contributed by atoms with Gasteiger partial charge in [-0.15, -0.1) is 0 Å². The van der Waals surface area contributed by atoms with Gasteiger partial charge in [0.1, 0.15) is 5.78 Å². The fourth-order valence-corrected chi connectivity index (χ4v) is 5.21. The Labute approximate surface area is 138 Å². The lowest BCUT2D eigenvalue weighted by Gasteiger charge is -2.49. The minimum atomic E-state index is -0.0995. The lowest BCUT2D eigenvalue weighted by atomic mass is 9.55. The number of fused-ring (bicyclic) bond motifs is 3. The number of ketones is 1. The first-order valence-electron chi connectivity index (χ1n) is 8.73. The molecule has 23 heavy (non-hydrogen) atoms. The summed E-state index contributed by atoms with van der Waals surface area (Å²) >= 11 is 0. The van der Waals surface area contributed by atoms with Crippen molar-refractivity contribution in [2.45, 2.75) is 52.4 Å². The summed E-state index contributed by atoms with van der Waals surface area (Å²) in [6.07, 6.45) is 8.73. The molecule has 3 unspecified atom stereocenters. The zero-order valence-electron chi connectivity index (χ0n) is 14.2. The van der Waals surface area contributed by atoms with Gasteiger partial charge in [0.15, 0.2) is 6.29 Å².